The van der Waals surface area contributed by atoms with Gasteiger partial charge in [-0.05, 0) is 78.0 Å². The minimum absolute atomic E-state index is 0.0110. The number of aliphatic hydroxyl groups is 1. The molecule has 4 atom stereocenters. The van der Waals surface area contributed by atoms with Crippen LogP contribution in [0.3, 0.4) is 0 Å². The van der Waals surface area contributed by atoms with Crippen LogP contribution >= 0.6 is 0 Å². The summed E-state index contributed by atoms with van der Waals surface area (Å²) in [7, 11) is 1.75. The van der Waals surface area contributed by atoms with Crippen LogP contribution in [0.2, 0.25) is 0 Å². The van der Waals surface area contributed by atoms with Crippen molar-refractivity contribution >= 4 is 28.6 Å². The van der Waals surface area contributed by atoms with E-state index in [-0.39, 0.29) is 42.4 Å². The first-order chi connectivity index (χ1) is 28.7. The summed E-state index contributed by atoms with van der Waals surface area (Å²) >= 11 is 0. The molecule has 0 radical (unpaired) electrons. The van der Waals surface area contributed by atoms with Gasteiger partial charge in [-0.1, -0.05) is 78.9 Å². The molecule has 12 heteroatoms. The Balaban J connectivity index is 0.746. The number of fused-ring (bicyclic) bond motifs is 2. The third-order valence-electron chi connectivity index (χ3n) is 11.7. The van der Waals surface area contributed by atoms with Gasteiger partial charge in [-0.3, -0.25) is 14.9 Å². The van der Waals surface area contributed by atoms with Gasteiger partial charge in [0.2, 0.25) is 11.5 Å². The van der Waals surface area contributed by atoms with Crippen molar-refractivity contribution < 1.29 is 29.3 Å². The molecular formula is C47H55N5O7. The van der Waals surface area contributed by atoms with Gasteiger partial charge in [-0.15, -0.1) is 0 Å². The highest BCUT2D eigenvalue weighted by Gasteiger charge is 2.42. The third-order valence-corrected chi connectivity index (χ3v) is 11.7. The predicted molar refractivity (Wildman–Crippen MR) is 229 cm³/mol. The second-order valence-corrected chi connectivity index (χ2v) is 15.8. The summed E-state index contributed by atoms with van der Waals surface area (Å²) in [6.07, 6.45) is 2.54. The van der Waals surface area contributed by atoms with Gasteiger partial charge in [0.15, 0.2) is 0 Å². The maximum atomic E-state index is 12.9. The molecule has 310 valence electrons. The highest BCUT2D eigenvalue weighted by molar-refractivity contribution is 5.91. The highest BCUT2D eigenvalue weighted by Crippen LogP contribution is 2.40. The minimum Gasteiger partial charge on any atom is -0.506 e. The summed E-state index contributed by atoms with van der Waals surface area (Å²) in [5.41, 5.74) is 5.85. The lowest BCUT2D eigenvalue weighted by Gasteiger charge is -2.20. The van der Waals surface area contributed by atoms with E-state index >= 15 is 0 Å². The quantitative estimate of drug-likeness (QED) is 0.0658. The minimum atomic E-state index is -0.863. The number of carbonyl (C=O) groups excluding carboxylic acids is 2. The number of aromatic amines is 1. The lowest BCUT2D eigenvalue weighted by Crippen LogP contribution is -2.35. The van der Waals surface area contributed by atoms with Crippen LogP contribution in [0.5, 0.6) is 5.75 Å². The number of para-hydroxylation sites is 1. The average Bonchev–Trinajstić information content (AvgIpc) is 3.80. The summed E-state index contributed by atoms with van der Waals surface area (Å²) in [6, 6.07) is 32.6. The third kappa shape index (κ3) is 11.2. The lowest BCUT2D eigenvalue weighted by atomic mass is 10.0. The summed E-state index contributed by atoms with van der Waals surface area (Å²) < 4.78 is 11.8. The molecule has 1 aromatic heterocycles. The zero-order valence-corrected chi connectivity index (χ0v) is 33.6. The number of phenolic OH excluding ortho intramolecular Hbond substituents is 1. The van der Waals surface area contributed by atoms with Crippen LogP contribution in [0.25, 0.3) is 22.0 Å². The standard InChI is InChI=1S/C47H55N5O7/c1-51(23-21-48-29-43(54)39-14-16-42(53)46-40(39)15-17-44(55)50-46)45(56)20-25-58-24-19-33-9-7-8-32(26-33)18-22-52-30-35-27-37(28-36(35)31-52)59-47(57)49-41-13-6-5-12-38(41)34-10-3-2-4-11-34/h2-17,26,35-37,43,48,53-54H,18-25,27-31H2,1H3,(H,49,57)(H,50,55)/t35-,36+,37?,43-/m0/s1. The Hall–Kier alpha value is -5.53. The Labute approximate surface area is 345 Å². The number of anilines is 1. The number of nitrogens with one attached hydrogen (secondary N) is 3. The highest BCUT2D eigenvalue weighted by atomic mass is 16.6. The molecule has 1 aliphatic carbocycles. The molecule has 2 heterocycles. The second kappa shape index (κ2) is 20.0. The number of aromatic hydroxyl groups is 1. The van der Waals surface area contributed by atoms with Gasteiger partial charge < -0.3 is 39.8 Å². The van der Waals surface area contributed by atoms with Crippen molar-refractivity contribution in [3.8, 4) is 16.9 Å². The van der Waals surface area contributed by atoms with E-state index in [9.17, 15) is 24.6 Å². The molecule has 0 spiro atoms. The Kier molecular flexibility index (Phi) is 14.1. The van der Waals surface area contributed by atoms with Gasteiger partial charge >= 0.3 is 6.09 Å². The van der Waals surface area contributed by atoms with Crippen LogP contribution in [-0.4, -0.2) is 103 Å². The van der Waals surface area contributed by atoms with Crippen LogP contribution in [0, 0.1) is 11.8 Å². The molecule has 1 saturated heterocycles. The molecule has 2 aliphatic rings. The molecule has 1 unspecified atom stereocenters. The monoisotopic (exact) mass is 801 g/mol. The number of rotatable bonds is 18. The predicted octanol–water partition coefficient (Wildman–Crippen LogP) is 6.13. The molecule has 4 aromatic carbocycles. The molecule has 0 bridgehead atoms. The molecule has 1 aliphatic heterocycles. The Morgan fingerprint density at radius 3 is 2.44 bits per heavy atom. The van der Waals surface area contributed by atoms with Crippen LogP contribution in [-0.2, 0) is 27.1 Å². The second-order valence-electron chi connectivity index (χ2n) is 15.8. The number of hydrogen-bond acceptors (Lipinski definition) is 9. The van der Waals surface area contributed by atoms with E-state index in [2.05, 4.69) is 44.8 Å². The van der Waals surface area contributed by atoms with Gasteiger partial charge in [0, 0.05) is 63.3 Å². The summed E-state index contributed by atoms with van der Waals surface area (Å²) in [5, 5.41) is 27.6. The molecule has 7 rings (SSSR count). The number of carbonyl (C=O) groups is 2. The lowest BCUT2D eigenvalue weighted by molar-refractivity contribution is -0.131. The molecule has 59 heavy (non-hydrogen) atoms. The number of likely N-dealkylation sites (N-methyl/N-ethyl adjacent to an activating group) is 1. The van der Waals surface area contributed by atoms with Gasteiger partial charge in [-0.25, -0.2) is 4.79 Å². The van der Waals surface area contributed by atoms with Gasteiger partial charge in [0.25, 0.3) is 0 Å². The number of H-pyrrole nitrogens is 1. The first-order valence-corrected chi connectivity index (χ1v) is 20.7. The zero-order chi connectivity index (χ0) is 41.1. The number of pyridine rings is 1. The van der Waals surface area contributed by atoms with E-state index in [1.54, 1.807) is 24.1 Å². The topological polar surface area (TPSA) is 156 Å². The SMILES string of the molecule is CN(CCNC[C@H](O)c1ccc(O)c2[nH]c(=O)ccc12)C(=O)CCOCCc1cccc(CCN2C[C@H]3CC(OC(=O)Nc4ccccc4-c4ccccc4)C[C@H]3C2)c1. The first-order valence-electron chi connectivity index (χ1n) is 20.7. The maximum absolute atomic E-state index is 12.9. The molecular weight excluding hydrogens is 747 g/mol. The van der Waals surface area contributed by atoms with E-state index in [1.165, 1.54) is 23.3 Å². The average molecular weight is 802 g/mol. The van der Waals surface area contributed by atoms with Crippen molar-refractivity contribution in [3.05, 3.63) is 130 Å². The number of aromatic nitrogens is 1. The normalized spacial score (nSPS) is 18.1. The van der Waals surface area contributed by atoms with Crippen LogP contribution < -0.4 is 16.2 Å². The Morgan fingerprint density at radius 1 is 0.898 bits per heavy atom. The Morgan fingerprint density at radius 2 is 1.64 bits per heavy atom. The van der Waals surface area contributed by atoms with Crippen LogP contribution in [0.4, 0.5) is 10.5 Å². The number of aliphatic hydroxyl groups excluding tert-OH is 1. The molecule has 12 nitrogen and oxygen atoms in total. The van der Waals surface area contributed by atoms with Gasteiger partial charge in [0.1, 0.15) is 11.9 Å². The molecule has 2 fully saturated rings. The maximum Gasteiger partial charge on any atom is 0.411 e. The van der Waals surface area contributed by atoms with Gasteiger partial charge in [-0.2, -0.15) is 0 Å². The molecule has 1 saturated carbocycles. The van der Waals surface area contributed by atoms with Crippen LogP contribution in [0.15, 0.2) is 108 Å². The van der Waals surface area contributed by atoms with E-state index in [0.717, 1.165) is 62.1 Å². The molecule has 2 amide bonds. The van der Waals surface area contributed by atoms with Gasteiger partial charge in [0.05, 0.1) is 36.9 Å². The summed E-state index contributed by atoms with van der Waals surface area (Å²) in [4.78, 5) is 44.1. The smallest absolute Gasteiger partial charge is 0.411 e. The Bertz CT molecular complexity index is 2230. The number of amides is 2. The number of hydrogen-bond donors (Lipinski definition) is 5. The van der Waals surface area contributed by atoms with Crippen molar-refractivity contribution in [2.24, 2.45) is 11.8 Å². The zero-order valence-electron chi connectivity index (χ0n) is 33.6. The number of likely N-dealkylation sites (tertiary alicyclic amines) is 1. The molecule has 5 N–H and O–H groups in total. The van der Waals surface area contributed by atoms with Crippen molar-refractivity contribution in [1.82, 2.24) is 20.1 Å². The fourth-order valence-corrected chi connectivity index (χ4v) is 8.51. The fourth-order valence-electron chi connectivity index (χ4n) is 8.51. The number of nitrogens with zero attached hydrogens (tertiary/aromatic N) is 2. The van der Waals surface area contributed by atoms with E-state index in [1.807, 2.05) is 54.6 Å². The number of phenols is 1. The van der Waals surface area contributed by atoms with Crippen molar-refractivity contribution in [3.63, 3.8) is 0 Å². The summed E-state index contributed by atoms with van der Waals surface area (Å²) in [5.74, 6) is 1.03. The number of ether oxygens (including phenoxy) is 2. The van der Waals surface area contributed by atoms with E-state index in [0.29, 0.717) is 54.6 Å². The molecule has 5 aromatic rings. The van der Waals surface area contributed by atoms with E-state index < -0.39 is 6.10 Å². The number of benzene rings is 4. The largest absolute Gasteiger partial charge is 0.506 e. The summed E-state index contributed by atoms with van der Waals surface area (Å²) in [6.45, 7) is 5.17. The van der Waals surface area contributed by atoms with Crippen LogP contribution in [0.1, 0.15) is 42.1 Å². The van der Waals surface area contributed by atoms with E-state index in [4.69, 9.17) is 9.47 Å². The first kappa shape index (κ1) is 41.6. The van der Waals surface area contributed by atoms with Crippen molar-refractivity contribution in [2.75, 3.05) is 64.8 Å². The van der Waals surface area contributed by atoms with Crippen molar-refractivity contribution in [1.29, 1.82) is 0 Å². The van der Waals surface area contributed by atoms with Crippen molar-refractivity contribution in [2.45, 2.75) is 44.3 Å². The fraction of sp³-hybridized carbons (Fsp3) is 0.383.